The molecule has 5 N–H and O–H groups in total. The SMILES string of the molecule is CC.CC1C=CC=C(c2noc(CCCC(=O)NCCN=C(N)c3ccccc3C(N)=O)n2)C=C1. The van der Waals surface area contributed by atoms with E-state index >= 15 is 0 Å². The number of hydrogen-bond donors (Lipinski definition) is 3. The van der Waals surface area contributed by atoms with Gasteiger partial charge in [0.05, 0.1) is 6.54 Å². The molecule has 0 radical (unpaired) electrons. The highest BCUT2D eigenvalue weighted by atomic mass is 16.5. The summed E-state index contributed by atoms with van der Waals surface area (Å²) in [6, 6.07) is 6.73. The zero-order valence-electron chi connectivity index (χ0n) is 20.5. The van der Waals surface area contributed by atoms with Gasteiger partial charge >= 0.3 is 0 Å². The fraction of sp³-hybridized carbons (Fsp3) is 0.346. The van der Waals surface area contributed by atoms with E-state index in [0.717, 1.165) is 5.57 Å². The summed E-state index contributed by atoms with van der Waals surface area (Å²) in [4.78, 5) is 32.2. The topological polar surface area (TPSA) is 149 Å². The third-order valence-corrected chi connectivity index (χ3v) is 4.98. The number of aryl methyl sites for hydroxylation is 1. The molecular weight excluding hydrogens is 444 g/mol. The van der Waals surface area contributed by atoms with Gasteiger partial charge in [-0.3, -0.25) is 14.6 Å². The standard InChI is InChI=1S/C24H28N6O3.C2H6/c1-16-6-4-7-17(13-12-16)24-29-21(33-30-24)11-5-10-20(31)27-14-15-28-22(25)18-8-2-3-9-19(18)23(26)32;1-2/h2-4,6-9,12-13,16H,5,10-11,14-15H2,1H3,(H2,25,28)(H2,26,32)(H,27,31);1-2H3. The van der Waals surface area contributed by atoms with Crippen molar-refractivity contribution in [2.24, 2.45) is 22.4 Å². The van der Waals surface area contributed by atoms with Gasteiger partial charge in [0.2, 0.25) is 23.5 Å². The first kappa shape index (κ1) is 27.2. The van der Waals surface area contributed by atoms with Crippen molar-refractivity contribution in [3.8, 4) is 0 Å². The maximum absolute atomic E-state index is 12.1. The molecule has 0 spiro atoms. The summed E-state index contributed by atoms with van der Waals surface area (Å²) in [7, 11) is 0. The van der Waals surface area contributed by atoms with Crippen LogP contribution in [0.3, 0.4) is 0 Å². The predicted molar refractivity (Wildman–Crippen MR) is 138 cm³/mol. The molecule has 2 aromatic rings. The number of hydrogen-bond acceptors (Lipinski definition) is 6. The molecule has 1 unspecified atom stereocenters. The van der Waals surface area contributed by atoms with Gasteiger partial charge in [-0.1, -0.05) is 74.5 Å². The molecule has 1 heterocycles. The van der Waals surface area contributed by atoms with Gasteiger partial charge in [0.15, 0.2) is 0 Å². The Balaban J connectivity index is 0.00000210. The molecule has 1 aliphatic carbocycles. The summed E-state index contributed by atoms with van der Waals surface area (Å²) in [5.41, 5.74) is 13.0. The average molecular weight is 479 g/mol. The molecule has 9 heteroatoms. The first-order chi connectivity index (χ1) is 16.9. The number of aliphatic imine (C=N–C) groups is 1. The minimum atomic E-state index is -0.570. The van der Waals surface area contributed by atoms with E-state index in [9.17, 15) is 9.59 Å². The van der Waals surface area contributed by atoms with Crippen LogP contribution in [0.4, 0.5) is 0 Å². The van der Waals surface area contributed by atoms with Crippen LogP contribution < -0.4 is 16.8 Å². The molecule has 0 saturated heterocycles. The van der Waals surface area contributed by atoms with Gasteiger partial charge in [-0.2, -0.15) is 4.98 Å². The van der Waals surface area contributed by atoms with Gasteiger partial charge in [0.25, 0.3) is 0 Å². The van der Waals surface area contributed by atoms with Crippen LogP contribution in [-0.4, -0.2) is 40.9 Å². The van der Waals surface area contributed by atoms with E-state index < -0.39 is 5.91 Å². The van der Waals surface area contributed by atoms with Gasteiger partial charge in [0, 0.05) is 36.1 Å². The number of nitrogens with one attached hydrogen (secondary N) is 1. The molecule has 1 aromatic heterocycles. The monoisotopic (exact) mass is 478 g/mol. The van der Waals surface area contributed by atoms with Gasteiger partial charge in [-0.05, 0) is 18.4 Å². The summed E-state index contributed by atoms with van der Waals surface area (Å²) in [6.07, 6.45) is 11.5. The van der Waals surface area contributed by atoms with Crippen molar-refractivity contribution >= 4 is 23.2 Å². The van der Waals surface area contributed by atoms with Crippen molar-refractivity contribution in [1.82, 2.24) is 15.5 Å². The first-order valence-corrected chi connectivity index (χ1v) is 11.8. The Morgan fingerprint density at radius 3 is 2.63 bits per heavy atom. The van der Waals surface area contributed by atoms with E-state index in [0.29, 0.717) is 54.6 Å². The van der Waals surface area contributed by atoms with Gasteiger partial charge in [-0.15, -0.1) is 0 Å². The second-order valence-electron chi connectivity index (χ2n) is 7.62. The molecule has 9 nitrogen and oxygen atoms in total. The molecular formula is C26H34N6O3. The molecule has 186 valence electrons. The van der Waals surface area contributed by atoms with E-state index in [-0.39, 0.29) is 18.3 Å². The van der Waals surface area contributed by atoms with Crippen molar-refractivity contribution in [3.05, 3.63) is 77.5 Å². The number of rotatable bonds is 10. The zero-order chi connectivity index (χ0) is 25.6. The average Bonchev–Trinajstić information content (AvgIpc) is 3.22. The van der Waals surface area contributed by atoms with E-state index in [2.05, 4.69) is 39.5 Å². The highest BCUT2D eigenvalue weighted by Gasteiger charge is 2.12. The lowest BCUT2D eigenvalue weighted by Gasteiger charge is -2.06. The second kappa shape index (κ2) is 14.3. The Hall–Kier alpha value is -4.01. The summed E-state index contributed by atoms with van der Waals surface area (Å²) < 4.78 is 5.30. The van der Waals surface area contributed by atoms with E-state index in [1.807, 2.05) is 32.1 Å². The number of allylic oxidation sites excluding steroid dienone is 6. The van der Waals surface area contributed by atoms with Crippen LogP contribution >= 0.6 is 0 Å². The Labute approximate surface area is 206 Å². The Morgan fingerprint density at radius 2 is 1.89 bits per heavy atom. The smallest absolute Gasteiger partial charge is 0.249 e. The van der Waals surface area contributed by atoms with Crippen molar-refractivity contribution in [1.29, 1.82) is 0 Å². The number of benzene rings is 1. The highest BCUT2D eigenvalue weighted by molar-refractivity contribution is 6.08. The molecule has 0 saturated carbocycles. The van der Waals surface area contributed by atoms with Crippen LogP contribution in [-0.2, 0) is 11.2 Å². The predicted octanol–water partition coefficient (Wildman–Crippen LogP) is 3.18. The quantitative estimate of drug-likeness (QED) is 0.271. The van der Waals surface area contributed by atoms with Crippen LogP contribution in [0.25, 0.3) is 5.57 Å². The molecule has 1 aliphatic rings. The van der Waals surface area contributed by atoms with Gasteiger partial charge in [0.1, 0.15) is 5.84 Å². The fourth-order valence-corrected chi connectivity index (χ4v) is 3.20. The highest BCUT2D eigenvalue weighted by Crippen LogP contribution is 2.18. The van der Waals surface area contributed by atoms with Crippen LogP contribution in [0, 0.1) is 5.92 Å². The maximum Gasteiger partial charge on any atom is 0.249 e. The van der Waals surface area contributed by atoms with E-state index in [4.69, 9.17) is 16.0 Å². The number of carbonyl (C=O) groups is 2. The van der Waals surface area contributed by atoms with Crippen molar-refractivity contribution in [2.45, 2.75) is 40.0 Å². The fourth-order valence-electron chi connectivity index (χ4n) is 3.20. The lowest BCUT2D eigenvalue weighted by atomic mass is 10.1. The Morgan fingerprint density at radius 1 is 1.14 bits per heavy atom. The van der Waals surface area contributed by atoms with Crippen LogP contribution in [0.15, 0.2) is 64.2 Å². The lowest BCUT2D eigenvalue weighted by Crippen LogP contribution is -2.27. The summed E-state index contributed by atoms with van der Waals surface area (Å²) >= 11 is 0. The van der Waals surface area contributed by atoms with Crippen molar-refractivity contribution < 1.29 is 14.1 Å². The number of amides is 2. The summed E-state index contributed by atoms with van der Waals surface area (Å²) in [6.45, 7) is 6.71. The molecule has 0 fully saturated rings. The lowest BCUT2D eigenvalue weighted by molar-refractivity contribution is -0.121. The van der Waals surface area contributed by atoms with Crippen molar-refractivity contribution in [2.75, 3.05) is 13.1 Å². The van der Waals surface area contributed by atoms with Gasteiger partial charge in [-0.25, -0.2) is 0 Å². The third kappa shape index (κ3) is 8.69. The van der Waals surface area contributed by atoms with Crippen molar-refractivity contribution in [3.63, 3.8) is 0 Å². The Bertz CT molecular complexity index is 1110. The molecule has 1 aromatic carbocycles. The van der Waals surface area contributed by atoms with E-state index in [1.54, 1.807) is 24.3 Å². The second-order valence-corrected chi connectivity index (χ2v) is 7.62. The zero-order valence-corrected chi connectivity index (χ0v) is 20.5. The molecule has 3 rings (SSSR count). The number of nitrogens with zero attached hydrogens (tertiary/aromatic N) is 3. The Kier molecular flexibility index (Phi) is 11.1. The van der Waals surface area contributed by atoms with E-state index in [1.165, 1.54) is 0 Å². The normalized spacial score (nSPS) is 15.0. The molecule has 2 amide bonds. The first-order valence-electron chi connectivity index (χ1n) is 11.8. The van der Waals surface area contributed by atoms with Crippen LogP contribution in [0.1, 0.15) is 61.2 Å². The number of nitrogens with two attached hydrogens (primary N) is 2. The molecule has 1 atom stereocenters. The largest absolute Gasteiger partial charge is 0.383 e. The summed E-state index contributed by atoms with van der Waals surface area (Å²) in [5.74, 6) is 0.927. The van der Waals surface area contributed by atoms with Crippen LogP contribution in [0.5, 0.6) is 0 Å². The minimum Gasteiger partial charge on any atom is -0.383 e. The van der Waals surface area contributed by atoms with Crippen LogP contribution in [0.2, 0.25) is 0 Å². The number of primary amides is 1. The minimum absolute atomic E-state index is 0.102. The number of aromatic nitrogens is 2. The maximum atomic E-state index is 12.1. The van der Waals surface area contributed by atoms with Gasteiger partial charge < -0.3 is 21.3 Å². The third-order valence-electron chi connectivity index (χ3n) is 4.98. The number of carbonyl (C=O) groups excluding carboxylic acids is 2. The molecule has 0 aliphatic heterocycles. The molecule has 0 bridgehead atoms. The summed E-state index contributed by atoms with van der Waals surface area (Å²) in [5, 5.41) is 6.82. The number of amidine groups is 1. The molecule has 35 heavy (non-hydrogen) atoms.